The lowest BCUT2D eigenvalue weighted by Crippen LogP contribution is -2.39. The van der Waals surface area contributed by atoms with Gasteiger partial charge in [0.2, 0.25) is 5.82 Å². The van der Waals surface area contributed by atoms with Crippen molar-refractivity contribution in [3.63, 3.8) is 0 Å². The number of aryl methyl sites for hydroxylation is 1. The first kappa shape index (κ1) is 12.9. The average Bonchev–Trinajstić information content (AvgIpc) is 2.41. The Morgan fingerprint density at radius 1 is 1.21 bits per heavy atom. The maximum absolute atomic E-state index is 11.8. The van der Waals surface area contributed by atoms with Gasteiger partial charge in [-0.15, -0.1) is 5.10 Å². The average molecular weight is 262 g/mol. The summed E-state index contributed by atoms with van der Waals surface area (Å²) < 4.78 is 2.09. The summed E-state index contributed by atoms with van der Waals surface area (Å²) >= 11 is 0. The largest absolute Gasteiger partial charge is 0.508 e. The smallest absolute Gasteiger partial charge is 0.346 e. The topological polar surface area (TPSA) is 89.2 Å². The Kier molecular flexibility index (Phi) is 3.37. The summed E-state index contributed by atoms with van der Waals surface area (Å²) in [4.78, 5) is 23.3. The maximum Gasteiger partial charge on any atom is 0.346 e. The molecule has 0 aliphatic carbocycles. The monoisotopic (exact) mass is 262 g/mol. The molecule has 2 aromatic rings. The molecule has 19 heavy (non-hydrogen) atoms. The second-order valence-corrected chi connectivity index (χ2v) is 4.14. The zero-order valence-corrected chi connectivity index (χ0v) is 10.6. The van der Waals surface area contributed by atoms with Gasteiger partial charge in [0.1, 0.15) is 5.75 Å². The molecule has 0 saturated heterocycles. The van der Waals surface area contributed by atoms with Crippen LogP contribution in [0.1, 0.15) is 5.56 Å². The van der Waals surface area contributed by atoms with Crippen LogP contribution in [0.2, 0.25) is 0 Å². The van der Waals surface area contributed by atoms with Crippen molar-refractivity contribution in [1.82, 2.24) is 14.3 Å². The van der Waals surface area contributed by atoms with Crippen LogP contribution in [-0.4, -0.2) is 19.5 Å². The third-order valence-corrected chi connectivity index (χ3v) is 2.72. The number of nitrogens with zero attached hydrogens (tertiary/aromatic N) is 3. The molecule has 0 spiro atoms. The Morgan fingerprint density at radius 2 is 1.84 bits per heavy atom. The van der Waals surface area contributed by atoms with Crippen molar-refractivity contribution >= 4 is 5.82 Å². The van der Waals surface area contributed by atoms with E-state index in [0.717, 1.165) is 14.8 Å². The standard InChI is InChI=1S/C12H14N4O3/c1-15-11(18)10(14-16(2)12(15)19)13-7-8-3-5-9(17)6-4-8/h3-6,17H,7H2,1-2H3,(H,13,14). The first-order valence-electron chi connectivity index (χ1n) is 5.65. The minimum atomic E-state index is -0.472. The summed E-state index contributed by atoms with van der Waals surface area (Å²) in [6, 6.07) is 6.58. The fourth-order valence-corrected chi connectivity index (χ4v) is 1.61. The highest BCUT2D eigenvalue weighted by Gasteiger charge is 2.07. The van der Waals surface area contributed by atoms with Crippen molar-refractivity contribution in [2.45, 2.75) is 6.54 Å². The van der Waals surface area contributed by atoms with Crippen molar-refractivity contribution in [3.8, 4) is 5.75 Å². The Bertz CT molecular complexity index is 700. The summed E-state index contributed by atoms with van der Waals surface area (Å²) in [5.41, 5.74) is -0.0578. The van der Waals surface area contributed by atoms with Gasteiger partial charge in [-0.25, -0.2) is 9.48 Å². The molecular formula is C12H14N4O3. The zero-order chi connectivity index (χ0) is 14.0. The minimum absolute atomic E-state index is 0.109. The number of anilines is 1. The van der Waals surface area contributed by atoms with Gasteiger partial charge in [-0.2, -0.15) is 0 Å². The lowest BCUT2D eigenvalue weighted by Gasteiger charge is -2.08. The van der Waals surface area contributed by atoms with Gasteiger partial charge in [0, 0.05) is 20.6 Å². The molecule has 0 aliphatic heterocycles. The van der Waals surface area contributed by atoms with Crippen LogP contribution in [0, 0.1) is 0 Å². The van der Waals surface area contributed by atoms with Crippen LogP contribution in [0.5, 0.6) is 5.75 Å². The second-order valence-electron chi connectivity index (χ2n) is 4.14. The Hall–Kier alpha value is -2.57. The highest BCUT2D eigenvalue weighted by atomic mass is 16.3. The van der Waals surface area contributed by atoms with E-state index in [2.05, 4.69) is 10.4 Å². The van der Waals surface area contributed by atoms with Gasteiger partial charge in [0.05, 0.1) is 0 Å². The van der Waals surface area contributed by atoms with E-state index < -0.39 is 11.2 Å². The van der Waals surface area contributed by atoms with Gasteiger partial charge in [0.15, 0.2) is 0 Å². The van der Waals surface area contributed by atoms with E-state index in [0.29, 0.717) is 6.54 Å². The lowest BCUT2D eigenvalue weighted by molar-refractivity contribution is 0.475. The predicted octanol–water partition coefficient (Wildman–Crippen LogP) is -0.203. The number of phenolic OH excluding ortho intramolecular Hbond substituents is 1. The molecule has 7 nitrogen and oxygen atoms in total. The number of rotatable bonds is 3. The summed E-state index contributed by atoms with van der Waals surface area (Å²) in [5, 5.41) is 15.9. The number of hydrogen-bond donors (Lipinski definition) is 2. The first-order valence-corrected chi connectivity index (χ1v) is 5.65. The second kappa shape index (κ2) is 4.97. The quantitative estimate of drug-likeness (QED) is 0.799. The van der Waals surface area contributed by atoms with Crippen LogP contribution in [0.3, 0.4) is 0 Å². The van der Waals surface area contributed by atoms with Gasteiger partial charge >= 0.3 is 5.69 Å². The Labute approximate surface area is 108 Å². The molecule has 100 valence electrons. The van der Waals surface area contributed by atoms with Crippen molar-refractivity contribution in [2.75, 3.05) is 5.32 Å². The van der Waals surface area contributed by atoms with E-state index in [9.17, 15) is 9.59 Å². The zero-order valence-electron chi connectivity index (χ0n) is 10.6. The van der Waals surface area contributed by atoms with Gasteiger partial charge < -0.3 is 10.4 Å². The number of aromatic nitrogens is 3. The lowest BCUT2D eigenvalue weighted by atomic mass is 10.2. The van der Waals surface area contributed by atoms with E-state index in [-0.39, 0.29) is 11.6 Å². The molecule has 0 aliphatic rings. The van der Waals surface area contributed by atoms with Crippen LogP contribution < -0.4 is 16.6 Å². The third kappa shape index (κ3) is 2.65. The van der Waals surface area contributed by atoms with Crippen LogP contribution in [0.4, 0.5) is 5.82 Å². The molecule has 0 bridgehead atoms. The van der Waals surface area contributed by atoms with E-state index in [1.165, 1.54) is 14.1 Å². The molecule has 1 aromatic carbocycles. The van der Waals surface area contributed by atoms with E-state index >= 15 is 0 Å². The fourth-order valence-electron chi connectivity index (χ4n) is 1.61. The number of nitrogens with one attached hydrogen (secondary N) is 1. The molecule has 0 fully saturated rings. The van der Waals surface area contributed by atoms with E-state index in [1.807, 2.05) is 0 Å². The summed E-state index contributed by atoms with van der Waals surface area (Å²) in [6.07, 6.45) is 0. The van der Waals surface area contributed by atoms with Crippen molar-refractivity contribution < 1.29 is 5.11 Å². The fraction of sp³-hybridized carbons (Fsp3) is 0.250. The molecule has 7 heteroatoms. The normalized spacial score (nSPS) is 10.4. The molecule has 0 radical (unpaired) electrons. The van der Waals surface area contributed by atoms with Crippen molar-refractivity contribution in [2.24, 2.45) is 14.1 Å². The van der Waals surface area contributed by atoms with Gasteiger partial charge in [-0.1, -0.05) is 12.1 Å². The van der Waals surface area contributed by atoms with Gasteiger partial charge in [-0.05, 0) is 17.7 Å². The van der Waals surface area contributed by atoms with Crippen molar-refractivity contribution in [3.05, 3.63) is 50.7 Å². The van der Waals surface area contributed by atoms with E-state index in [4.69, 9.17) is 5.11 Å². The number of benzene rings is 1. The summed E-state index contributed by atoms with van der Waals surface area (Å²) in [6.45, 7) is 0.376. The summed E-state index contributed by atoms with van der Waals surface area (Å²) in [7, 11) is 2.88. The molecule has 0 saturated carbocycles. The van der Waals surface area contributed by atoms with Crippen molar-refractivity contribution in [1.29, 1.82) is 0 Å². The molecule has 1 aromatic heterocycles. The predicted molar refractivity (Wildman–Crippen MR) is 70.2 cm³/mol. The van der Waals surface area contributed by atoms with Crippen LogP contribution in [-0.2, 0) is 20.6 Å². The van der Waals surface area contributed by atoms with Gasteiger partial charge in [-0.3, -0.25) is 9.36 Å². The minimum Gasteiger partial charge on any atom is -0.508 e. The molecule has 1 heterocycles. The number of phenols is 1. The van der Waals surface area contributed by atoms with Crippen LogP contribution in [0.25, 0.3) is 0 Å². The summed E-state index contributed by atoms with van der Waals surface area (Å²) in [5.74, 6) is 0.289. The van der Waals surface area contributed by atoms with Crippen LogP contribution in [0.15, 0.2) is 33.9 Å². The Balaban J connectivity index is 2.23. The van der Waals surface area contributed by atoms with Gasteiger partial charge in [0.25, 0.3) is 5.56 Å². The SMILES string of the molecule is Cn1nc(NCc2ccc(O)cc2)c(=O)n(C)c1=O. The molecule has 2 N–H and O–H groups in total. The third-order valence-electron chi connectivity index (χ3n) is 2.72. The maximum atomic E-state index is 11.8. The first-order chi connectivity index (χ1) is 8.99. The Morgan fingerprint density at radius 3 is 2.47 bits per heavy atom. The van der Waals surface area contributed by atoms with Crippen LogP contribution >= 0.6 is 0 Å². The van der Waals surface area contributed by atoms with E-state index in [1.54, 1.807) is 24.3 Å². The molecule has 2 rings (SSSR count). The highest BCUT2D eigenvalue weighted by molar-refractivity contribution is 5.33. The molecule has 0 atom stereocenters. The number of aromatic hydroxyl groups is 1. The molecular weight excluding hydrogens is 248 g/mol. The molecule has 0 amide bonds. The molecule has 0 unspecified atom stereocenters. The highest BCUT2D eigenvalue weighted by Crippen LogP contribution is 2.10. The number of hydrogen-bond acceptors (Lipinski definition) is 5.